The van der Waals surface area contributed by atoms with Crippen molar-refractivity contribution in [1.82, 2.24) is 5.32 Å². The van der Waals surface area contributed by atoms with Gasteiger partial charge in [0.15, 0.2) is 11.5 Å². The summed E-state index contributed by atoms with van der Waals surface area (Å²) in [6.45, 7) is 5.29. The van der Waals surface area contributed by atoms with E-state index in [2.05, 4.69) is 18.3 Å². The van der Waals surface area contributed by atoms with Gasteiger partial charge in [0.25, 0.3) is 0 Å². The maximum atomic E-state index is 5.76. The number of nitrogens with one attached hydrogen (secondary N) is 1. The number of benzene rings is 1. The molecule has 4 heteroatoms. The second kappa shape index (κ2) is 10.5. The standard InChI is InChI=1S/C16H27NO3/c1-4-5-6-10-20-15-8-7-14(12-16(15)19-3)13-17-9-11-18-2/h7-8,12,17H,4-6,9-11,13H2,1-3H3. The fraction of sp³-hybridized carbons (Fsp3) is 0.625. The van der Waals surface area contributed by atoms with Gasteiger partial charge < -0.3 is 19.5 Å². The molecule has 114 valence electrons. The molecular weight excluding hydrogens is 254 g/mol. The van der Waals surface area contributed by atoms with Gasteiger partial charge in [-0.05, 0) is 24.1 Å². The molecule has 0 aliphatic carbocycles. The van der Waals surface area contributed by atoms with Crippen molar-refractivity contribution >= 4 is 0 Å². The lowest BCUT2D eigenvalue weighted by Crippen LogP contribution is -2.18. The lowest BCUT2D eigenvalue weighted by atomic mass is 10.2. The second-order valence-corrected chi connectivity index (χ2v) is 4.71. The van der Waals surface area contributed by atoms with Crippen LogP contribution in [-0.2, 0) is 11.3 Å². The molecule has 0 fully saturated rings. The molecular formula is C16H27NO3. The molecule has 0 amide bonds. The van der Waals surface area contributed by atoms with E-state index in [1.165, 1.54) is 18.4 Å². The fourth-order valence-electron chi connectivity index (χ4n) is 1.88. The Bertz CT molecular complexity index is 369. The lowest BCUT2D eigenvalue weighted by molar-refractivity contribution is 0.199. The molecule has 0 saturated carbocycles. The van der Waals surface area contributed by atoms with Gasteiger partial charge in [0.1, 0.15) is 0 Å². The van der Waals surface area contributed by atoms with E-state index in [1.54, 1.807) is 14.2 Å². The van der Waals surface area contributed by atoms with Crippen LogP contribution in [0, 0.1) is 0 Å². The van der Waals surface area contributed by atoms with Crippen molar-refractivity contribution in [1.29, 1.82) is 0 Å². The summed E-state index contributed by atoms with van der Waals surface area (Å²) >= 11 is 0. The van der Waals surface area contributed by atoms with Gasteiger partial charge in [-0.15, -0.1) is 0 Å². The van der Waals surface area contributed by atoms with Gasteiger partial charge in [-0.3, -0.25) is 0 Å². The molecule has 1 aromatic rings. The highest BCUT2D eigenvalue weighted by atomic mass is 16.5. The second-order valence-electron chi connectivity index (χ2n) is 4.71. The van der Waals surface area contributed by atoms with E-state index < -0.39 is 0 Å². The highest BCUT2D eigenvalue weighted by molar-refractivity contribution is 5.42. The van der Waals surface area contributed by atoms with E-state index in [-0.39, 0.29) is 0 Å². The predicted molar refractivity (Wildman–Crippen MR) is 81.6 cm³/mol. The maximum absolute atomic E-state index is 5.76. The first-order valence-electron chi connectivity index (χ1n) is 7.31. The van der Waals surface area contributed by atoms with Crippen LogP contribution in [0.25, 0.3) is 0 Å². The van der Waals surface area contributed by atoms with Gasteiger partial charge in [-0.25, -0.2) is 0 Å². The number of rotatable bonds is 11. The number of unbranched alkanes of at least 4 members (excludes halogenated alkanes) is 2. The molecule has 0 spiro atoms. The number of ether oxygens (including phenoxy) is 3. The van der Waals surface area contributed by atoms with Crippen molar-refractivity contribution in [2.75, 3.05) is 34.0 Å². The highest BCUT2D eigenvalue weighted by Gasteiger charge is 2.05. The summed E-state index contributed by atoms with van der Waals surface area (Å²) in [6.07, 6.45) is 3.48. The van der Waals surface area contributed by atoms with E-state index in [1.807, 2.05) is 12.1 Å². The van der Waals surface area contributed by atoms with Crippen LogP contribution >= 0.6 is 0 Å². The molecule has 0 aliphatic rings. The first kappa shape index (κ1) is 16.8. The summed E-state index contributed by atoms with van der Waals surface area (Å²) in [5, 5.41) is 3.31. The van der Waals surface area contributed by atoms with Gasteiger partial charge >= 0.3 is 0 Å². The molecule has 0 heterocycles. The van der Waals surface area contributed by atoms with Crippen molar-refractivity contribution in [3.8, 4) is 11.5 Å². The molecule has 0 unspecified atom stereocenters. The third-order valence-corrected chi connectivity index (χ3v) is 3.05. The summed E-state index contributed by atoms with van der Waals surface area (Å²) in [6, 6.07) is 6.07. The van der Waals surface area contributed by atoms with Crippen LogP contribution in [-0.4, -0.2) is 34.0 Å². The van der Waals surface area contributed by atoms with Gasteiger partial charge in [-0.2, -0.15) is 0 Å². The van der Waals surface area contributed by atoms with Crippen LogP contribution < -0.4 is 14.8 Å². The largest absolute Gasteiger partial charge is 0.493 e. The molecule has 1 rings (SSSR count). The minimum absolute atomic E-state index is 0.718. The smallest absolute Gasteiger partial charge is 0.161 e. The van der Waals surface area contributed by atoms with Crippen LogP contribution in [0.4, 0.5) is 0 Å². The summed E-state index contributed by atoms with van der Waals surface area (Å²) < 4.78 is 16.2. The highest BCUT2D eigenvalue weighted by Crippen LogP contribution is 2.28. The molecule has 4 nitrogen and oxygen atoms in total. The maximum Gasteiger partial charge on any atom is 0.161 e. The molecule has 0 radical (unpaired) electrons. The van der Waals surface area contributed by atoms with Crippen molar-refractivity contribution in [2.24, 2.45) is 0 Å². The van der Waals surface area contributed by atoms with Crippen LogP contribution in [0.1, 0.15) is 31.7 Å². The normalized spacial score (nSPS) is 10.6. The van der Waals surface area contributed by atoms with Gasteiger partial charge in [0.2, 0.25) is 0 Å². The molecule has 0 bridgehead atoms. The van der Waals surface area contributed by atoms with E-state index >= 15 is 0 Å². The van der Waals surface area contributed by atoms with E-state index in [9.17, 15) is 0 Å². The minimum Gasteiger partial charge on any atom is -0.493 e. The molecule has 0 atom stereocenters. The van der Waals surface area contributed by atoms with Gasteiger partial charge in [0, 0.05) is 20.2 Å². The topological polar surface area (TPSA) is 39.7 Å². The Kier molecular flexibility index (Phi) is 8.83. The predicted octanol–water partition coefficient (Wildman–Crippen LogP) is 3.00. The van der Waals surface area contributed by atoms with Crippen molar-refractivity contribution in [3.05, 3.63) is 23.8 Å². The Morgan fingerprint density at radius 3 is 2.60 bits per heavy atom. The average molecular weight is 281 g/mol. The Morgan fingerprint density at radius 2 is 1.90 bits per heavy atom. The Labute approximate surface area is 122 Å². The fourth-order valence-corrected chi connectivity index (χ4v) is 1.88. The first-order chi connectivity index (χ1) is 9.81. The van der Waals surface area contributed by atoms with Crippen LogP contribution in [0.15, 0.2) is 18.2 Å². The summed E-state index contributed by atoms with van der Waals surface area (Å²) in [5.41, 5.74) is 1.18. The average Bonchev–Trinajstić information content (AvgIpc) is 2.49. The van der Waals surface area contributed by atoms with E-state index in [0.717, 1.165) is 44.2 Å². The molecule has 1 aromatic carbocycles. The number of hydrogen-bond donors (Lipinski definition) is 1. The minimum atomic E-state index is 0.718. The zero-order chi connectivity index (χ0) is 14.6. The summed E-state index contributed by atoms with van der Waals surface area (Å²) in [4.78, 5) is 0. The van der Waals surface area contributed by atoms with Gasteiger partial charge in [-0.1, -0.05) is 25.8 Å². The molecule has 0 aromatic heterocycles. The summed E-state index contributed by atoms with van der Waals surface area (Å²) in [5.74, 6) is 1.62. The number of hydrogen-bond acceptors (Lipinski definition) is 4. The molecule has 1 N–H and O–H groups in total. The van der Waals surface area contributed by atoms with Crippen LogP contribution in [0.3, 0.4) is 0 Å². The molecule has 0 aliphatic heterocycles. The summed E-state index contributed by atoms with van der Waals surface area (Å²) in [7, 11) is 3.38. The van der Waals surface area contributed by atoms with Crippen molar-refractivity contribution < 1.29 is 14.2 Å². The first-order valence-corrected chi connectivity index (χ1v) is 7.31. The van der Waals surface area contributed by atoms with Crippen molar-refractivity contribution in [3.63, 3.8) is 0 Å². The SMILES string of the molecule is CCCCCOc1ccc(CNCCOC)cc1OC. The lowest BCUT2D eigenvalue weighted by Gasteiger charge is -2.12. The van der Waals surface area contributed by atoms with Crippen LogP contribution in [0.2, 0.25) is 0 Å². The number of methoxy groups -OCH3 is 2. The third-order valence-electron chi connectivity index (χ3n) is 3.05. The van der Waals surface area contributed by atoms with Crippen LogP contribution in [0.5, 0.6) is 11.5 Å². The van der Waals surface area contributed by atoms with Crippen molar-refractivity contribution in [2.45, 2.75) is 32.7 Å². The zero-order valence-electron chi connectivity index (χ0n) is 12.9. The Morgan fingerprint density at radius 1 is 1.05 bits per heavy atom. The van der Waals surface area contributed by atoms with E-state index in [4.69, 9.17) is 14.2 Å². The molecule has 20 heavy (non-hydrogen) atoms. The Hall–Kier alpha value is -1.26. The third kappa shape index (κ3) is 6.26. The Balaban J connectivity index is 2.47. The quantitative estimate of drug-likeness (QED) is 0.633. The monoisotopic (exact) mass is 281 g/mol. The van der Waals surface area contributed by atoms with E-state index in [0.29, 0.717) is 0 Å². The molecule has 0 saturated heterocycles. The zero-order valence-corrected chi connectivity index (χ0v) is 12.9. The van der Waals surface area contributed by atoms with Gasteiger partial charge in [0.05, 0.1) is 20.3 Å².